The minimum absolute atomic E-state index is 0.148. The maximum absolute atomic E-state index is 11.9. The lowest BCUT2D eigenvalue weighted by Gasteiger charge is -2.46. The molecule has 1 saturated heterocycles. The Bertz CT molecular complexity index is 341. The summed E-state index contributed by atoms with van der Waals surface area (Å²) in [6, 6.07) is -0.148. The second-order valence-electron chi connectivity index (χ2n) is 4.91. The number of hydrogen-bond donors (Lipinski definition) is 2. The molecule has 96 valence electrons. The van der Waals surface area contributed by atoms with Gasteiger partial charge < -0.3 is 16.0 Å². The smallest absolute Gasteiger partial charge is 0.346 e. The summed E-state index contributed by atoms with van der Waals surface area (Å²) in [5, 5.41) is 3.39. The van der Waals surface area contributed by atoms with E-state index in [-0.39, 0.29) is 11.6 Å². The van der Waals surface area contributed by atoms with Crippen molar-refractivity contribution in [1.82, 2.24) is 10.2 Å². The molecule has 2 amide bonds. The minimum atomic E-state index is -0.312. The van der Waals surface area contributed by atoms with Crippen LogP contribution >= 0.6 is 0 Å². The monoisotopic (exact) mass is 238 g/mol. The van der Waals surface area contributed by atoms with Gasteiger partial charge >= 0.3 is 6.03 Å². The van der Waals surface area contributed by atoms with Gasteiger partial charge in [-0.05, 0) is 25.8 Å². The SMILES string of the molecule is CCCN1C(=O)N=C(N)C12CCNCC2CC. The Morgan fingerprint density at radius 3 is 3.00 bits per heavy atom. The molecule has 0 bridgehead atoms. The number of nitrogens with zero attached hydrogens (tertiary/aromatic N) is 2. The molecule has 2 heterocycles. The van der Waals surface area contributed by atoms with E-state index in [1.54, 1.807) is 0 Å². The molecular formula is C12H22N4O. The molecule has 1 fully saturated rings. The Balaban J connectivity index is 2.36. The summed E-state index contributed by atoms with van der Waals surface area (Å²) in [6.45, 7) is 6.80. The topological polar surface area (TPSA) is 70.7 Å². The number of nitrogens with one attached hydrogen (secondary N) is 1. The van der Waals surface area contributed by atoms with E-state index in [0.717, 1.165) is 38.9 Å². The van der Waals surface area contributed by atoms with Crippen molar-refractivity contribution in [2.24, 2.45) is 16.6 Å². The number of amides is 2. The highest BCUT2D eigenvalue weighted by molar-refractivity contribution is 6.06. The van der Waals surface area contributed by atoms with Gasteiger partial charge in [0.05, 0.1) is 0 Å². The molecule has 0 radical (unpaired) electrons. The first kappa shape index (κ1) is 12.4. The Kier molecular flexibility index (Phi) is 3.38. The van der Waals surface area contributed by atoms with Gasteiger partial charge in [0.1, 0.15) is 11.4 Å². The zero-order chi connectivity index (χ0) is 12.5. The van der Waals surface area contributed by atoms with Crippen LogP contribution < -0.4 is 11.1 Å². The fourth-order valence-electron chi connectivity index (χ4n) is 3.19. The van der Waals surface area contributed by atoms with Crippen LogP contribution in [0.5, 0.6) is 0 Å². The van der Waals surface area contributed by atoms with Crippen molar-refractivity contribution in [1.29, 1.82) is 0 Å². The largest absolute Gasteiger partial charge is 0.385 e. The van der Waals surface area contributed by atoms with Crippen molar-refractivity contribution < 1.29 is 4.79 Å². The van der Waals surface area contributed by atoms with Gasteiger partial charge in [-0.2, -0.15) is 4.99 Å². The van der Waals surface area contributed by atoms with Crippen molar-refractivity contribution in [3.05, 3.63) is 0 Å². The van der Waals surface area contributed by atoms with E-state index < -0.39 is 0 Å². The Hall–Kier alpha value is -1.10. The van der Waals surface area contributed by atoms with Crippen LogP contribution in [0.2, 0.25) is 0 Å². The Labute approximate surface area is 102 Å². The van der Waals surface area contributed by atoms with E-state index in [9.17, 15) is 4.79 Å². The molecule has 0 aromatic rings. The Morgan fingerprint density at radius 2 is 2.35 bits per heavy atom. The summed E-state index contributed by atoms with van der Waals surface area (Å²) in [5.41, 5.74) is 5.77. The number of piperidine rings is 1. The lowest BCUT2D eigenvalue weighted by Crippen LogP contribution is -2.64. The summed E-state index contributed by atoms with van der Waals surface area (Å²) in [6.07, 6.45) is 2.84. The van der Waals surface area contributed by atoms with Gasteiger partial charge in [-0.25, -0.2) is 4.79 Å². The normalized spacial score (nSPS) is 33.3. The number of urea groups is 1. The molecule has 3 N–H and O–H groups in total. The van der Waals surface area contributed by atoms with Crippen molar-refractivity contribution >= 4 is 11.9 Å². The molecule has 2 atom stereocenters. The van der Waals surface area contributed by atoms with Gasteiger partial charge in [0, 0.05) is 19.0 Å². The highest BCUT2D eigenvalue weighted by Gasteiger charge is 2.53. The maximum Gasteiger partial charge on any atom is 0.346 e. The fraction of sp³-hybridized carbons (Fsp3) is 0.833. The zero-order valence-electron chi connectivity index (χ0n) is 10.7. The molecule has 2 aliphatic heterocycles. The predicted octanol–water partition coefficient (Wildman–Crippen LogP) is 0.947. The van der Waals surface area contributed by atoms with E-state index in [0.29, 0.717) is 11.8 Å². The van der Waals surface area contributed by atoms with Crippen LogP contribution in [-0.2, 0) is 0 Å². The number of carbonyl (C=O) groups is 1. The van der Waals surface area contributed by atoms with Crippen molar-refractivity contribution in [2.45, 2.75) is 38.6 Å². The lowest BCUT2D eigenvalue weighted by molar-refractivity contribution is 0.1000. The summed E-state index contributed by atoms with van der Waals surface area (Å²) < 4.78 is 0. The lowest BCUT2D eigenvalue weighted by atomic mass is 9.75. The number of carbonyl (C=O) groups excluding carboxylic acids is 1. The first-order chi connectivity index (χ1) is 8.16. The molecule has 0 saturated carbocycles. The average molecular weight is 238 g/mol. The molecule has 0 aromatic carbocycles. The summed E-state index contributed by atoms with van der Waals surface area (Å²) in [5.74, 6) is 0.905. The van der Waals surface area contributed by atoms with Crippen molar-refractivity contribution in [3.8, 4) is 0 Å². The van der Waals surface area contributed by atoms with Crippen LogP contribution in [0.3, 0.4) is 0 Å². The predicted molar refractivity (Wildman–Crippen MR) is 68.0 cm³/mol. The van der Waals surface area contributed by atoms with E-state index in [2.05, 4.69) is 24.2 Å². The molecule has 0 aromatic heterocycles. The number of nitrogens with two attached hydrogens (primary N) is 1. The van der Waals surface area contributed by atoms with E-state index >= 15 is 0 Å². The van der Waals surface area contributed by atoms with Crippen LogP contribution in [0.1, 0.15) is 33.1 Å². The molecule has 2 aliphatic rings. The van der Waals surface area contributed by atoms with Gasteiger partial charge in [0.25, 0.3) is 0 Å². The van der Waals surface area contributed by atoms with Gasteiger partial charge in [-0.15, -0.1) is 0 Å². The molecule has 0 aliphatic carbocycles. The maximum atomic E-state index is 11.9. The highest BCUT2D eigenvalue weighted by Crippen LogP contribution is 2.37. The van der Waals surface area contributed by atoms with Crippen LogP contribution in [0, 0.1) is 5.92 Å². The van der Waals surface area contributed by atoms with Gasteiger partial charge in [-0.3, -0.25) is 0 Å². The molecule has 1 spiro atoms. The zero-order valence-corrected chi connectivity index (χ0v) is 10.7. The minimum Gasteiger partial charge on any atom is -0.385 e. The average Bonchev–Trinajstić information content (AvgIpc) is 2.55. The van der Waals surface area contributed by atoms with Gasteiger partial charge in [0.15, 0.2) is 0 Å². The molecule has 2 unspecified atom stereocenters. The van der Waals surface area contributed by atoms with Crippen molar-refractivity contribution in [2.75, 3.05) is 19.6 Å². The van der Waals surface area contributed by atoms with Gasteiger partial charge in [0.2, 0.25) is 0 Å². The fourth-order valence-corrected chi connectivity index (χ4v) is 3.19. The number of amidine groups is 1. The van der Waals surface area contributed by atoms with E-state index in [1.807, 2.05) is 4.90 Å². The molecule has 17 heavy (non-hydrogen) atoms. The first-order valence-corrected chi connectivity index (χ1v) is 6.53. The molecule has 5 nitrogen and oxygen atoms in total. The second kappa shape index (κ2) is 4.64. The van der Waals surface area contributed by atoms with Crippen LogP contribution in [0.15, 0.2) is 4.99 Å². The molecule has 5 heteroatoms. The van der Waals surface area contributed by atoms with Crippen molar-refractivity contribution in [3.63, 3.8) is 0 Å². The Morgan fingerprint density at radius 1 is 1.59 bits per heavy atom. The number of aliphatic imine (C=N–C) groups is 1. The second-order valence-corrected chi connectivity index (χ2v) is 4.91. The van der Waals surface area contributed by atoms with Crippen LogP contribution in [-0.4, -0.2) is 41.9 Å². The third-order valence-electron chi connectivity index (χ3n) is 4.06. The van der Waals surface area contributed by atoms with E-state index in [1.165, 1.54) is 0 Å². The molecular weight excluding hydrogens is 216 g/mol. The quantitative estimate of drug-likeness (QED) is 0.769. The summed E-state index contributed by atoms with van der Waals surface area (Å²) >= 11 is 0. The molecule has 2 rings (SSSR count). The summed E-state index contributed by atoms with van der Waals surface area (Å²) in [7, 11) is 0. The first-order valence-electron chi connectivity index (χ1n) is 6.53. The van der Waals surface area contributed by atoms with E-state index in [4.69, 9.17) is 5.73 Å². The third-order valence-corrected chi connectivity index (χ3v) is 4.06. The highest BCUT2D eigenvalue weighted by atomic mass is 16.2. The van der Waals surface area contributed by atoms with Gasteiger partial charge in [-0.1, -0.05) is 13.8 Å². The summed E-state index contributed by atoms with van der Waals surface area (Å²) in [4.78, 5) is 17.9. The standard InChI is InChI=1S/C12H22N4O/c1-3-7-16-11(17)15-10(13)12(16)5-6-14-8-9(12)4-2/h9,14H,3-8H2,1-2H3,(H2,13,15,17). The van der Waals surface area contributed by atoms with Crippen LogP contribution in [0.4, 0.5) is 4.79 Å². The number of rotatable bonds is 3. The third kappa shape index (κ3) is 1.73. The van der Waals surface area contributed by atoms with Crippen LogP contribution in [0.25, 0.3) is 0 Å². The number of hydrogen-bond acceptors (Lipinski definition) is 3.